The molecule has 1 aromatic rings. The molecule has 0 saturated carbocycles. The molecule has 1 aromatic carbocycles. The van der Waals surface area contributed by atoms with Crippen LogP contribution < -0.4 is 9.64 Å². The van der Waals surface area contributed by atoms with Gasteiger partial charge in [0.25, 0.3) is 0 Å². The van der Waals surface area contributed by atoms with Crippen LogP contribution in [0.3, 0.4) is 0 Å². The van der Waals surface area contributed by atoms with Crippen molar-refractivity contribution in [2.75, 3.05) is 36.1 Å². The van der Waals surface area contributed by atoms with E-state index in [0.717, 1.165) is 24.3 Å². The van der Waals surface area contributed by atoms with Crippen molar-refractivity contribution in [2.24, 2.45) is 0 Å². The molecular weight excluding hydrogens is 374 g/mol. The van der Waals surface area contributed by atoms with Gasteiger partial charge in [-0.3, -0.25) is 0 Å². The number of hydrogen-bond acceptors (Lipinski definition) is 5. The highest BCUT2D eigenvalue weighted by Crippen LogP contribution is 2.21. The minimum Gasteiger partial charge on any atom is -0.491 e. The van der Waals surface area contributed by atoms with Gasteiger partial charge in [0.1, 0.15) is 12.4 Å². The molecule has 2 rings (SSSR count). The Morgan fingerprint density at radius 1 is 0.964 bits per heavy atom. The van der Waals surface area contributed by atoms with Gasteiger partial charge in [0, 0.05) is 18.8 Å². The predicted molar refractivity (Wildman–Crippen MR) is 116 cm³/mol. The van der Waals surface area contributed by atoms with Crippen LogP contribution in [0.25, 0.3) is 0 Å². The van der Waals surface area contributed by atoms with E-state index >= 15 is 0 Å². The zero-order chi connectivity index (χ0) is 20.2. The number of rotatable bonds is 13. The van der Waals surface area contributed by atoms with Crippen molar-refractivity contribution in [1.29, 1.82) is 0 Å². The van der Waals surface area contributed by atoms with Crippen LogP contribution in [0.15, 0.2) is 24.3 Å². The molecule has 6 heteroatoms. The molecule has 1 N–H and O–H groups in total. The SMILES string of the molecule is CCCCCCCCCCC(O)COc1ccc(N2CCS(=O)(=O)CC2)cc1. The van der Waals surface area contributed by atoms with Crippen LogP contribution in [0.4, 0.5) is 5.69 Å². The average molecular weight is 412 g/mol. The number of sulfone groups is 1. The van der Waals surface area contributed by atoms with Gasteiger partial charge in [-0.15, -0.1) is 0 Å². The van der Waals surface area contributed by atoms with Gasteiger partial charge in [-0.25, -0.2) is 8.42 Å². The molecule has 5 nitrogen and oxygen atoms in total. The minimum absolute atomic E-state index is 0.218. The molecule has 1 aliphatic heterocycles. The van der Waals surface area contributed by atoms with Gasteiger partial charge in [0.2, 0.25) is 0 Å². The molecule has 1 unspecified atom stereocenters. The quantitative estimate of drug-likeness (QED) is 0.493. The fraction of sp³-hybridized carbons (Fsp3) is 0.727. The van der Waals surface area contributed by atoms with Gasteiger partial charge >= 0.3 is 0 Å². The highest BCUT2D eigenvalue weighted by molar-refractivity contribution is 7.91. The first-order chi connectivity index (χ1) is 13.5. The third-order valence-corrected chi connectivity index (χ3v) is 6.99. The van der Waals surface area contributed by atoms with Crippen molar-refractivity contribution in [3.63, 3.8) is 0 Å². The summed E-state index contributed by atoms with van der Waals surface area (Å²) in [6, 6.07) is 7.69. The maximum absolute atomic E-state index is 11.5. The summed E-state index contributed by atoms with van der Waals surface area (Å²) < 4.78 is 28.8. The van der Waals surface area contributed by atoms with E-state index in [2.05, 4.69) is 11.8 Å². The monoisotopic (exact) mass is 411 g/mol. The second-order valence-corrected chi connectivity index (χ2v) is 10.2. The fourth-order valence-electron chi connectivity index (χ4n) is 3.51. The molecule has 1 fully saturated rings. The van der Waals surface area contributed by atoms with Crippen LogP contribution in [0, 0.1) is 0 Å². The lowest BCUT2D eigenvalue weighted by molar-refractivity contribution is 0.0975. The van der Waals surface area contributed by atoms with Gasteiger partial charge in [-0.05, 0) is 30.7 Å². The summed E-state index contributed by atoms with van der Waals surface area (Å²) in [5.74, 6) is 1.18. The summed E-state index contributed by atoms with van der Waals surface area (Å²) in [6.07, 6.45) is 10.5. The summed E-state index contributed by atoms with van der Waals surface area (Å²) in [6.45, 7) is 3.64. The Kier molecular flexibility index (Phi) is 10.1. The molecule has 0 aromatic heterocycles. The van der Waals surface area contributed by atoms with Gasteiger partial charge in [-0.1, -0.05) is 58.3 Å². The molecule has 0 radical (unpaired) electrons. The van der Waals surface area contributed by atoms with Gasteiger partial charge in [-0.2, -0.15) is 0 Å². The van der Waals surface area contributed by atoms with Crippen molar-refractivity contribution in [1.82, 2.24) is 0 Å². The summed E-state index contributed by atoms with van der Waals surface area (Å²) >= 11 is 0. The van der Waals surface area contributed by atoms with Gasteiger partial charge < -0.3 is 14.7 Å². The fourth-order valence-corrected chi connectivity index (χ4v) is 4.71. The lowest BCUT2D eigenvalue weighted by Crippen LogP contribution is -2.40. The Bertz CT molecular complexity index is 631. The third kappa shape index (κ3) is 8.82. The number of ether oxygens (including phenoxy) is 1. The molecule has 1 saturated heterocycles. The largest absolute Gasteiger partial charge is 0.491 e. The first-order valence-electron chi connectivity index (χ1n) is 10.9. The van der Waals surface area contributed by atoms with Crippen LogP contribution >= 0.6 is 0 Å². The van der Waals surface area contributed by atoms with E-state index in [0.29, 0.717) is 19.7 Å². The lowest BCUT2D eigenvalue weighted by atomic mass is 10.1. The third-order valence-electron chi connectivity index (χ3n) is 5.38. The number of nitrogens with zero attached hydrogens (tertiary/aromatic N) is 1. The Morgan fingerprint density at radius 3 is 2.14 bits per heavy atom. The van der Waals surface area contributed by atoms with Crippen molar-refractivity contribution in [3.8, 4) is 5.75 Å². The zero-order valence-electron chi connectivity index (χ0n) is 17.3. The van der Waals surface area contributed by atoms with Crippen LogP contribution in [-0.2, 0) is 9.84 Å². The Hall–Kier alpha value is -1.27. The number of anilines is 1. The molecule has 0 amide bonds. The van der Waals surface area contributed by atoms with Crippen LogP contribution in [0.1, 0.15) is 64.7 Å². The molecule has 0 spiro atoms. The van der Waals surface area contributed by atoms with Crippen molar-refractivity contribution < 1.29 is 18.3 Å². The molecule has 160 valence electrons. The van der Waals surface area contributed by atoms with Gasteiger partial charge in [0.05, 0.1) is 17.6 Å². The summed E-state index contributed by atoms with van der Waals surface area (Å²) in [7, 11) is -2.86. The van der Waals surface area contributed by atoms with Crippen molar-refractivity contribution in [3.05, 3.63) is 24.3 Å². The van der Waals surface area contributed by atoms with Crippen LogP contribution in [0.5, 0.6) is 5.75 Å². The van der Waals surface area contributed by atoms with E-state index < -0.39 is 15.9 Å². The van der Waals surface area contributed by atoms with Gasteiger partial charge in [0.15, 0.2) is 9.84 Å². The first kappa shape index (κ1) is 23.0. The summed E-state index contributed by atoms with van der Waals surface area (Å²) in [4.78, 5) is 2.09. The highest BCUT2D eigenvalue weighted by atomic mass is 32.2. The van der Waals surface area contributed by atoms with E-state index in [1.807, 2.05) is 24.3 Å². The van der Waals surface area contributed by atoms with E-state index in [-0.39, 0.29) is 11.5 Å². The van der Waals surface area contributed by atoms with Crippen molar-refractivity contribution >= 4 is 15.5 Å². The Morgan fingerprint density at radius 2 is 1.54 bits per heavy atom. The maximum atomic E-state index is 11.5. The maximum Gasteiger partial charge on any atom is 0.153 e. The molecular formula is C22H37NO4S. The second-order valence-electron chi connectivity index (χ2n) is 7.86. The summed E-state index contributed by atoms with van der Waals surface area (Å²) in [5, 5.41) is 10.1. The number of aliphatic hydroxyl groups is 1. The molecule has 1 atom stereocenters. The average Bonchev–Trinajstić information content (AvgIpc) is 2.69. The lowest BCUT2D eigenvalue weighted by Gasteiger charge is -2.28. The predicted octanol–water partition coefficient (Wildman–Crippen LogP) is 4.19. The Balaban J connectivity index is 1.58. The molecule has 1 heterocycles. The van der Waals surface area contributed by atoms with E-state index in [1.54, 1.807) is 0 Å². The van der Waals surface area contributed by atoms with Crippen LogP contribution in [0.2, 0.25) is 0 Å². The Labute approximate surface area is 171 Å². The number of unbranched alkanes of at least 4 members (excludes halogenated alkanes) is 7. The van der Waals surface area contributed by atoms with Crippen LogP contribution in [-0.4, -0.2) is 50.8 Å². The highest BCUT2D eigenvalue weighted by Gasteiger charge is 2.21. The topological polar surface area (TPSA) is 66.8 Å². The molecule has 0 bridgehead atoms. The normalized spacial score (nSPS) is 17.4. The van der Waals surface area contributed by atoms with E-state index in [9.17, 15) is 13.5 Å². The number of hydrogen-bond donors (Lipinski definition) is 1. The number of benzene rings is 1. The van der Waals surface area contributed by atoms with E-state index in [1.165, 1.54) is 44.9 Å². The summed E-state index contributed by atoms with van der Waals surface area (Å²) in [5.41, 5.74) is 1.02. The van der Waals surface area contributed by atoms with Crippen molar-refractivity contribution in [2.45, 2.75) is 70.8 Å². The molecule has 28 heavy (non-hydrogen) atoms. The standard InChI is InChI=1S/C22H37NO4S/c1-2-3-4-5-6-7-8-9-10-21(24)19-27-22-13-11-20(12-14-22)23-15-17-28(25,26)18-16-23/h11-14,21,24H,2-10,15-19H2,1H3. The zero-order valence-corrected chi connectivity index (χ0v) is 18.1. The van der Waals surface area contributed by atoms with E-state index in [4.69, 9.17) is 4.74 Å². The molecule has 1 aliphatic rings. The second kappa shape index (κ2) is 12.3. The smallest absolute Gasteiger partial charge is 0.153 e. The number of aliphatic hydroxyl groups excluding tert-OH is 1. The minimum atomic E-state index is -2.86. The molecule has 0 aliphatic carbocycles. The first-order valence-corrected chi connectivity index (χ1v) is 12.7.